The Hall–Kier alpha value is -1.63. The molecule has 0 saturated carbocycles. The van der Waals surface area contributed by atoms with Crippen molar-refractivity contribution in [2.24, 2.45) is 5.92 Å². The Morgan fingerprint density at radius 1 is 1.44 bits per heavy atom. The van der Waals surface area contributed by atoms with Gasteiger partial charge in [0, 0.05) is 19.7 Å². The summed E-state index contributed by atoms with van der Waals surface area (Å²) in [6.45, 7) is 1.96. The lowest BCUT2D eigenvalue weighted by atomic mass is 9.95. The summed E-state index contributed by atoms with van der Waals surface area (Å²) in [5.74, 6) is 1.20. The topological polar surface area (TPSA) is 97.4 Å². The van der Waals surface area contributed by atoms with E-state index in [0.717, 1.165) is 32.4 Å². The van der Waals surface area contributed by atoms with Crippen molar-refractivity contribution in [3.63, 3.8) is 0 Å². The monoisotopic (exact) mass is 253 g/mol. The van der Waals surface area contributed by atoms with E-state index in [0.29, 0.717) is 11.9 Å². The van der Waals surface area contributed by atoms with E-state index < -0.39 is 0 Å². The lowest BCUT2D eigenvalue weighted by molar-refractivity contribution is 0.243. The third-order valence-corrected chi connectivity index (χ3v) is 3.14. The van der Waals surface area contributed by atoms with Gasteiger partial charge in [-0.05, 0) is 25.2 Å². The standard InChI is InChI=1S/C11H19N5O2/c1-18-11-14-9(12)13-10(15-11)16-5-2-3-8(7-16)4-6-17/h8,17H,2-7H2,1H3,(H2,12,13,14,15). The Bertz CT molecular complexity index is 399. The SMILES string of the molecule is COc1nc(N)nc(N2CCCC(CCO)C2)n1. The van der Waals surface area contributed by atoms with Gasteiger partial charge < -0.3 is 20.5 Å². The van der Waals surface area contributed by atoms with Crippen LogP contribution in [0, 0.1) is 5.92 Å². The lowest BCUT2D eigenvalue weighted by Crippen LogP contribution is -2.37. The van der Waals surface area contributed by atoms with Gasteiger partial charge in [-0.2, -0.15) is 15.0 Å². The Balaban J connectivity index is 2.12. The highest BCUT2D eigenvalue weighted by molar-refractivity contribution is 5.36. The summed E-state index contributed by atoms with van der Waals surface area (Å²) < 4.78 is 4.99. The maximum Gasteiger partial charge on any atom is 0.322 e. The van der Waals surface area contributed by atoms with Crippen LogP contribution in [0.15, 0.2) is 0 Å². The molecule has 0 aliphatic carbocycles. The number of anilines is 2. The summed E-state index contributed by atoms with van der Waals surface area (Å²) >= 11 is 0. The first-order chi connectivity index (χ1) is 8.72. The van der Waals surface area contributed by atoms with Gasteiger partial charge in [0.1, 0.15) is 0 Å². The number of ether oxygens (including phenoxy) is 1. The van der Waals surface area contributed by atoms with E-state index in [1.165, 1.54) is 7.11 Å². The molecule has 18 heavy (non-hydrogen) atoms. The number of piperidine rings is 1. The molecule has 0 spiro atoms. The molecule has 7 nitrogen and oxygen atoms in total. The number of aliphatic hydroxyl groups excluding tert-OH is 1. The molecule has 1 saturated heterocycles. The van der Waals surface area contributed by atoms with Crippen LogP contribution in [0.5, 0.6) is 6.01 Å². The second-order valence-corrected chi connectivity index (χ2v) is 4.45. The first kappa shape index (κ1) is 12.8. The molecule has 1 aliphatic rings. The van der Waals surface area contributed by atoms with Crippen molar-refractivity contribution in [2.45, 2.75) is 19.3 Å². The van der Waals surface area contributed by atoms with E-state index in [-0.39, 0.29) is 18.6 Å². The molecule has 1 atom stereocenters. The van der Waals surface area contributed by atoms with Crippen LogP contribution in [-0.4, -0.2) is 46.9 Å². The molecule has 1 fully saturated rings. The van der Waals surface area contributed by atoms with Crippen molar-refractivity contribution in [3.05, 3.63) is 0 Å². The number of aromatic nitrogens is 3. The third kappa shape index (κ3) is 2.98. The van der Waals surface area contributed by atoms with Crippen molar-refractivity contribution < 1.29 is 9.84 Å². The molecule has 1 aromatic heterocycles. The number of hydrogen-bond acceptors (Lipinski definition) is 7. The van der Waals surface area contributed by atoms with Gasteiger partial charge in [-0.25, -0.2) is 0 Å². The number of nitrogens with zero attached hydrogens (tertiary/aromatic N) is 4. The molecule has 0 bridgehead atoms. The average Bonchev–Trinajstić information content (AvgIpc) is 2.39. The largest absolute Gasteiger partial charge is 0.467 e. The number of nitrogens with two attached hydrogens (primary N) is 1. The fraction of sp³-hybridized carbons (Fsp3) is 0.727. The second-order valence-electron chi connectivity index (χ2n) is 4.45. The van der Waals surface area contributed by atoms with Gasteiger partial charge in [0.25, 0.3) is 0 Å². The third-order valence-electron chi connectivity index (χ3n) is 3.14. The van der Waals surface area contributed by atoms with Crippen molar-refractivity contribution in [1.29, 1.82) is 0 Å². The van der Waals surface area contributed by atoms with E-state index in [2.05, 4.69) is 19.9 Å². The summed E-state index contributed by atoms with van der Waals surface area (Å²) in [6, 6.07) is 0.238. The Labute approximate surface area is 106 Å². The summed E-state index contributed by atoms with van der Waals surface area (Å²) in [7, 11) is 1.50. The molecule has 0 amide bonds. The molecule has 0 radical (unpaired) electrons. The maximum absolute atomic E-state index is 9.00. The van der Waals surface area contributed by atoms with E-state index in [9.17, 15) is 0 Å². The molecule has 2 heterocycles. The first-order valence-electron chi connectivity index (χ1n) is 6.14. The molecular formula is C11H19N5O2. The molecule has 1 unspecified atom stereocenters. The molecular weight excluding hydrogens is 234 g/mol. The smallest absolute Gasteiger partial charge is 0.322 e. The van der Waals surface area contributed by atoms with Crippen molar-refractivity contribution >= 4 is 11.9 Å². The van der Waals surface area contributed by atoms with Crippen LogP contribution in [0.2, 0.25) is 0 Å². The van der Waals surface area contributed by atoms with Crippen molar-refractivity contribution in [2.75, 3.05) is 37.4 Å². The first-order valence-corrected chi connectivity index (χ1v) is 6.14. The van der Waals surface area contributed by atoms with Crippen LogP contribution in [-0.2, 0) is 0 Å². The average molecular weight is 253 g/mol. The summed E-state index contributed by atoms with van der Waals surface area (Å²) in [6.07, 6.45) is 3.02. The normalized spacial score (nSPS) is 19.9. The summed E-state index contributed by atoms with van der Waals surface area (Å²) in [5.41, 5.74) is 5.63. The van der Waals surface area contributed by atoms with E-state index in [1.54, 1.807) is 0 Å². The van der Waals surface area contributed by atoms with Gasteiger partial charge in [0.15, 0.2) is 0 Å². The fourth-order valence-corrected chi connectivity index (χ4v) is 2.26. The quantitative estimate of drug-likeness (QED) is 0.783. The fourth-order valence-electron chi connectivity index (χ4n) is 2.26. The predicted octanol–water partition coefficient (Wildman–Crippen LogP) is 0.0612. The number of hydrogen-bond donors (Lipinski definition) is 2. The zero-order valence-corrected chi connectivity index (χ0v) is 10.5. The van der Waals surface area contributed by atoms with E-state index >= 15 is 0 Å². The molecule has 0 aromatic carbocycles. The number of aliphatic hydroxyl groups is 1. The van der Waals surface area contributed by atoms with Gasteiger partial charge in [0.05, 0.1) is 7.11 Å². The minimum atomic E-state index is 0.168. The van der Waals surface area contributed by atoms with Gasteiger partial charge >= 0.3 is 6.01 Å². The summed E-state index contributed by atoms with van der Waals surface area (Å²) in [5, 5.41) is 9.00. The number of methoxy groups -OCH3 is 1. The highest BCUT2D eigenvalue weighted by Gasteiger charge is 2.22. The Morgan fingerprint density at radius 2 is 2.28 bits per heavy atom. The predicted molar refractivity (Wildman–Crippen MR) is 67.4 cm³/mol. The van der Waals surface area contributed by atoms with Crippen molar-refractivity contribution in [3.8, 4) is 6.01 Å². The highest BCUT2D eigenvalue weighted by atomic mass is 16.5. The zero-order chi connectivity index (χ0) is 13.0. The molecule has 1 aliphatic heterocycles. The summed E-state index contributed by atoms with van der Waals surface area (Å²) in [4.78, 5) is 14.3. The molecule has 7 heteroatoms. The van der Waals surface area contributed by atoms with E-state index in [4.69, 9.17) is 15.6 Å². The lowest BCUT2D eigenvalue weighted by Gasteiger charge is -2.32. The highest BCUT2D eigenvalue weighted by Crippen LogP contribution is 2.23. The molecule has 1 aromatic rings. The van der Waals surface area contributed by atoms with Crippen LogP contribution < -0.4 is 15.4 Å². The van der Waals surface area contributed by atoms with Crippen LogP contribution >= 0.6 is 0 Å². The van der Waals surface area contributed by atoms with Gasteiger partial charge in [-0.15, -0.1) is 0 Å². The Kier molecular flexibility index (Phi) is 4.14. The van der Waals surface area contributed by atoms with E-state index in [1.807, 2.05) is 0 Å². The maximum atomic E-state index is 9.00. The van der Waals surface area contributed by atoms with Gasteiger partial charge in [-0.1, -0.05) is 0 Å². The minimum absolute atomic E-state index is 0.168. The number of nitrogen functional groups attached to an aromatic ring is 1. The second kappa shape index (κ2) is 5.81. The van der Waals surface area contributed by atoms with Gasteiger partial charge in [0.2, 0.25) is 11.9 Å². The molecule has 3 N–H and O–H groups in total. The zero-order valence-electron chi connectivity index (χ0n) is 10.5. The number of rotatable bonds is 4. The van der Waals surface area contributed by atoms with Crippen LogP contribution in [0.3, 0.4) is 0 Å². The van der Waals surface area contributed by atoms with Crippen LogP contribution in [0.25, 0.3) is 0 Å². The Morgan fingerprint density at radius 3 is 3.00 bits per heavy atom. The van der Waals surface area contributed by atoms with Crippen molar-refractivity contribution in [1.82, 2.24) is 15.0 Å². The van der Waals surface area contributed by atoms with Gasteiger partial charge in [-0.3, -0.25) is 0 Å². The minimum Gasteiger partial charge on any atom is -0.467 e. The molecule has 2 rings (SSSR count). The van der Waals surface area contributed by atoms with Crippen LogP contribution in [0.1, 0.15) is 19.3 Å². The molecule has 100 valence electrons. The van der Waals surface area contributed by atoms with Crippen LogP contribution in [0.4, 0.5) is 11.9 Å².